The van der Waals surface area contributed by atoms with Crippen molar-refractivity contribution in [2.75, 3.05) is 12.0 Å². The number of fused-ring (bicyclic) bond motifs is 2. The van der Waals surface area contributed by atoms with E-state index in [9.17, 15) is 18.0 Å². The number of sulfone groups is 1. The van der Waals surface area contributed by atoms with Crippen molar-refractivity contribution >= 4 is 33.1 Å². The molecule has 3 aromatic rings. The number of nitrogen functional groups attached to an aromatic ring is 1. The molecule has 2 fully saturated rings. The van der Waals surface area contributed by atoms with Gasteiger partial charge in [0, 0.05) is 36.6 Å². The quantitative estimate of drug-likeness (QED) is 0.534. The van der Waals surface area contributed by atoms with Crippen LogP contribution in [0.3, 0.4) is 0 Å². The Bertz CT molecular complexity index is 1520. The van der Waals surface area contributed by atoms with Crippen molar-refractivity contribution < 1.29 is 18.0 Å². The average Bonchev–Trinajstić information content (AvgIpc) is 3.72. The first-order chi connectivity index (χ1) is 16.6. The second-order valence-corrected chi connectivity index (χ2v) is 11.9. The van der Waals surface area contributed by atoms with Crippen LogP contribution in [0, 0.1) is 5.92 Å². The number of hydrogen-bond donors (Lipinski definition) is 2. The maximum absolute atomic E-state index is 13.3. The van der Waals surface area contributed by atoms with Gasteiger partial charge >= 0.3 is 0 Å². The summed E-state index contributed by atoms with van der Waals surface area (Å²) in [7, 11) is -3.69. The molecule has 10 nitrogen and oxygen atoms in total. The zero-order valence-corrected chi connectivity index (χ0v) is 20.3. The van der Waals surface area contributed by atoms with E-state index in [1.807, 2.05) is 13.0 Å². The first-order valence-corrected chi connectivity index (χ1v) is 13.6. The SMILES string of the molecule is C[C@@H](C1CC1)N1Cc2cc(-c3ccn4nc(N)c(C(=O)NC5CC5)c4n3)cc(S(C)(=O)=O)c2C1=O. The van der Waals surface area contributed by atoms with E-state index in [1.165, 1.54) is 10.6 Å². The number of nitrogens with two attached hydrogens (primary N) is 1. The zero-order chi connectivity index (χ0) is 24.6. The Morgan fingerprint density at radius 3 is 2.63 bits per heavy atom. The molecule has 3 aliphatic rings. The van der Waals surface area contributed by atoms with Gasteiger partial charge < -0.3 is 16.0 Å². The lowest BCUT2D eigenvalue weighted by Crippen LogP contribution is -2.35. The molecule has 3 N–H and O–H groups in total. The van der Waals surface area contributed by atoms with Crippen molar-refractivity contribution in [1.82, 2.24) is 24.8 Å². The van der Waals surface area contributed by atoms with Crippen molar-refractivity contribution in [2.24, 2.45) is 5.92 Å². The average molecular weight is 495 g/mol. The lowest BCUT2D eigenvalue weighted by atomic mass is 10.0. The molecule has 2 aromatic heterocycles. The molecule has 1 aromatic carbocycles. The summed E-state index contributed by atoms with van der Waals surface area (Å²) in [5, 5.41) is 7.11. The molecule has 0 radical (unpaired) electrons. The normalized spacial score (nSPS) is 18.7. The number of carbonyl (C=O) groups is 2. The number of aromatic nitrogens is 3. The third-order valence-corrected chi connectivity index (χ3v) is 8.26. The first kappa shape index (κ1) is 22.0. The molecule has 2 aliphatic carbocycles. The van der Waals surface area contributed by atoms with Gasteiger partial charge in [0.15, 0.2) is 21.3 Å². The lowest BCUT2D eigenvalue weighted by molar-refractivity contribution is 0.0694. The molecular weight excluding hydrogens is 468 g/mol. The highest BCUT2D eigenvalue weighted by atomic mass is 32.2. The molecule has 0 unspecified atom stereocenters. The second kappa shape index (κ2) is 7.51. The van der Waals surface area contributed by atoms with Crippen LogP contribution in [0.2, 0.25) is 0 Å². The van der Waals surface area contributed by atoms with Gasteiger partial charge in [-0.3, -0.25) is 9.59 Å². The van der Waals surface area contributed by atoms with Gasteiger partial charge in [0.1, 0.15) is 5.56 Å². The summed E-state index contributed by atoms with van der Waals surface area (Å²) >= 11 is 0. The number of amides is 2. The van der Waals surface area contributed by atoms with Gasteiger partial charge in [-0.2, -0.15) is 0 Å². The molecule has 3 heterocycles. The van der Waals surface area contributed by atoms with E-state index in [-0.39, 0.29) is 45.7 Å². The molecule has 6 rings (SSSR count). The van der Waals surface area contributed by atoms with E-state index in [1.54, 1.807) is 17.2 Å². The van der Waals surface area contributed by atoms with Crippen LogP contribution >= 0.6 is 0 Å². The standard InChI is InChI=1S/C24H26N6O4S/c1-12(13-3-4-13)29-11-15-9-14(10-18(35(2,33)34)19(15)24(29)32)17-7-8-30-22(27-17)20(21(25)28-30)23(31)26-16-5-6-16/h7-10,12-13,16H,3-6,11H2,1-2H3,(H2,25,28)(H,26,31)/t12-/m0/s1. The predicted octanol–water partition coefficient (Wildman–Crippen LogP) is 2.03. The third-order valence-electron chi connectivity index (χ3n) is 7.14. The molecule has 0 spiro atoms. The second-order valence-electron chi connectivity index (χ2n) is 9.88. The number of rotatable bonds is 6. The summed E-state index contributed by atoms with van der Waals surface area (Å²) in [4.78, 5) is 32.4. The molecule has 2 amide bonds. The zero-order valence-electron chi connectivity index (χ0n) is 19.5. The maximum Gasteiger partial charge on any atom is 0.259 e. The fourth-order valence-electron chi connectivity index (χ4n) is 4.85. The molecule has 0 saturated heterocycles. The van der Waals surface area contributed by atoms with Crippen LogP contribution in [0.25, 0.3) is 16.9 Å². The molecule has 0 bridgehead atoms. The predicted molar refractivity (Wildman–Crippen MR) is 128 cm³/mol. The van der Waals surface area contributed by atoms with Crippen LogP contribution in [0.4, 0.5) is 5.82 Å². The molecule has 35 heavy (non-hydrogen) atoms. The molecule has 1 atom stereocenters. The Hall–Kier alpha value is -3.47. The van der Waals surface area contributed by atoms with E-state index in [4.69, 9.17) is 5.73 Å². The highest BCUT2D eigenvalue weighted by Gasteiger charge is 2.41. The topological polar surface area (TPSA) is 140 Å². The van der Waals surface area contributed by atoms with Crippen LogP contribution in [0.5, 0.6) is 0 Å². The number of benzene rings is 1. The van der Waals surface area contributed by atoms with E-state index >= 15 is 0 Å². The highest BCUT2D eigenvalue weighted by Crippen LogP contribution is 2.40. The van der Waals surface area contributed by atoms with E-state index in [0.29, 0.717) is 34.9 Å². The van der Waals surface area contributed by atoms with Crippen LogP contribution in [0.1, 0.15) is 58.9 Å². The van der Waals surface area contributed by atoms with Gasteiger partial charge in [0.2, 0.25) is 0 Å². The van der Waals surface area contributed by atoms with Gasteiger partial charge in [-0.1, -0.05) is 0 Å². The van der Waals surface area contributed by atoms with Gasteiger partial charge in [-0.25, -0.2) is 17.9 Å². The van der Waals surface area contributed by atoms with Crippen molar-refractivity contribution in [3.63, 3.8) is 0 Å². The van der Waals surface area contributed by atoms with Crippen molar-refractivity contribution in [2.45, 2.75) is 56.1 Å². The first-order valence-electron chi connectivity index (χ1n) is 11.8. The number of hydrogen-bond acceptors (Lipinski definition) is 7. The molecular formula is C24H26N6O4S. The Labute approximate surface area is 202 Å². The summed E-state index contributed by atoms with van der Waals surface area (Å²) in [6.07, 6.45) is 6.79. The maximum atomic E-state index is 13.3. The Kier molecular flexibility index (Phi) is 4.73. The summed E-state index contributed by atoms with van der Waals surface area (Å²) < 4.78 is 26.9. The highest BCUT2D eigenvalue weighted by molar-refractivity contribution is 7.90. The summed E-state index contributed by atoms with van der Waals surface area (Å²) in [5.74, 6) is -0.0250. The number of nitrogens with one attached hydrogen (secondary N) is 1. The monoisotopic (exact) mass is 494 g/mol. The Morgan fingerprint density at radius 1 is 1.23 bits per heavy atom. The molecule has 11 heteroatoms. The van der Waals surface area contributed by atoms with E-state index in [2.05, 4.69) is 15.4 Å². The van der Waals surface area contributed by atoms with Crippen molar-refractivity contribution in [1.29, 1.82) is 0 Å². The van der Waals surface area contributed by atoms with E-state index in [0.717, 1.165) is 31.9 Å². The van der Waals surface area contributed by atoms with Crippen LogP contribution < -0.4 is 11.1 Å². The summed E-state index contributed by atoms with van der Waals surface area (Å²) in [5.41, 5.74) is 8.45. The number of anilines is 1. The van der Waals surface area contributed by atoms with Crippen molar-refractivity contribution in [3.8, 4) is 11.3 Å². The van der Waals surface area contributed by atoms with Gasteiger partial charge in [0.25, 0.3) is 11.8 Å². The Morgan fingerprint density at radius 2 is 1.97 bits per heavy atom. The van der Waals surface area contributed by atoms with Gasteiger partial charge in [-0.15, -0.1) is 5.10 Å². The van der Waals surface area contributed by atoms with Crippen molar-refractivity contribution in [3.05, 3.63) is 41.1 Å². The smallest absolute Gasteiger partial charge is 0.259 e. The summed E-state index contributed by atoms with van der Waals surface area (Å²) in [6.45, 7) is 2.38. The largest absolute Gasteiger partial charge is 0.381 e. The van der Waals surface area contributed by atoms with Gasteiger partial charge in [-0.05, 0) is 62.3 Å². The fourth-order valence-corrected chi connectivity index (χ4v) is 5.78. The summed E-state index contributed by atoms with van der Waals surface area (Å²) in [6, 6.07) is 5.22. The molecule has 2 saturated carbocycles. The van der Waals surface area contributed by atoms with Crippen LogP contribution in [-0.4, -0.2) is 58.1 Å². The number of carbonyl (C=O) groups excluding carboxylic acids is 2. The van der Waals surface area contributed by atoms with E-state index < -0.39 is 9.84 Å². The Balaban J connectivity index is 1.46. The third kappa shape index (κ3) is 3.74. The van der Waals surface area contributed by atoms with Gasteiger partial charge in [0.05, 0.1) is 16.2 Å². The minimum absolute atomic E-state index is 0.00175. The number of nitrogens with zero attached hydrogens (tertiary/aromatic N) is 4. The van der Waals surface area contributed by atoms with Crippen LogP contribution in [0.15, 0.2) is 29.3 Å². The minimum Gasteiger partial charge on any atom is -0.381 e. The minimum atomic E-state index is -3.69. The molecule has 1 aliphatic heterocycles. The molecule has 182 valence electrons. The fraction of sp³-hybridized carbons (Fsp3) is 0.417. The lowest BCUT2D eigenvalue weighted by Gasteiger charge is -2.24. The van der Waals surface area contributed by atoms with Crippen LogP contribution in [-0.2, 0) is 16.4 Å².